The number of carbonyl (C=O) groups excluding carboxylic acids is 1. The average molecular weight is 329 g/mol. The predicted molar refractivity (Wildman–Crippen MR) is 74.5 cm³/mol. The van der Waals surface area contributed by atoms with Crippen molar-refractivity contribution in [1.82, 2.24) is 0 Å². The van der Waals surface area contributed by atoms with Crippen molar-refractivity contribution < 1.29 is 19.0 Å². The largest absolute Gasteiger partial charge is 0.486 e. The SMILES string of the molecule is COCCOC1C(=O)CC1Oc1ccc(C)cc1Br. The Labute approximate surface area is 121 Å². The molecular formula is C14H17BrO4. The van der Waals surface area contributed by atoms with Crippen LogP contribution < -0.4 is 4.74 Å². The van der Waals surface area contributed by atoms with Crippen LogP contribution in [0.5, 0.6) is 5.75 Å². The first-order valence-electron chi connectivity index (χ1n) is 6.18. The maximum absolute atomic E-state index is 11.5. The van der Waals surface area contributed by atoms with Gasteiger partial charge < -0.3 is 14.2 Å². The van der Waals surface area contributed by atoms with Gasteiger partial charge in [-0.25, -0.2) is 0 Å². The van der Waals surface area contributed by atoms with Crippen molar-refractivity contribution in [2.24, 2.45) is 0 Å². The second-order valence-electron chi connectivity index (χ2n) is 4.54. The van der Waals surface area contributed by atoms with Crippen molar-refractivity contribution in [3.05, 3.63) is 28.2 Å². The van der Waals surface area contributed by atoms with Crippen molar-refractivity contribution >= 4 is 21.7 Å². The number of hydrogen-bond acceptors (Lipinski definition) is 4. The van der Waals surface area contributed by atoms with Gasteiger partial charge in [0.25, 0.3) is 0 Å². The lowest BCUT2D eigenvalue weighted by Crippen LogP contribution is -2.52. The summed E-state index contributed by atoms with van der Waals surface area (Å²) in [6, 6.07) is 5.85. The number of ether oxygens (including phenoxy) is 3. The smallest absolute Gasteiger partial charge is 0.169 e. The summed E-state index contributed by atoms with van der Waals surface area (Å²) >= 11 is 3.46. The van der Waals surface area contributed by atoms with Gasteiger partial charge in [-0.15, -0.1) is 0 Å². The molecule has 2 atom stereocenters. The van der Waals surface area contributed by atoms with E-state index in [1.165, 1.54) is 0 Å². The summed E-state index contributed by atoms with van der Waals surface area (Å²) in [6.45, 7) is 2.89. The molecule has 104 valence electrons. The Hall–Kier alpha value is -0.910. The van der Waals surface area contributed by atoms with Crippen molar-refractivity contribution in [2.45, 2.75) is 25.6 Å². The van der Waals surface area contributed by atoms with Gasteiger partial charge in [0.1, 0.15) is 11.9 Å². The quantitative estimate of drug-likeness (QED) is 0.753. The number of aryl methyl sites for hydroxylation is 1. The molecule has 1 fully saturated rings. The monoisotopic (exact) mass is 328 g/mol. The standard InChI is InChI=1S/C14H17BrO4/c1-9-3-4-12(10(15)7-9)19-13-8-11(16)14(13)18-6-5-17-2/h3-4,7,13-14H,5-6,8H2,1-2H3. The van der Waals surface area contributed by atoms with Gasteiger partial charge in [0.2, 0.25) is 0 Å². The lowest BCUT2D eigenvalue weighted by Gasteiger charge is -2.34. The van der Waals surface area contributed by atoms with Crippen LogP contribution in [0.15, 0.2) is 22.7 Å². The topological polar surface area (TPSA) is 44.8 Å². The molecule has 19 heavy (non-hydrogen) atoms. The van der Waals surface area contributed by atoms with E-state index in [0.717, 1.165) is 15.8 Å². The number of carbonyl (C=O) groups is 1. The predicted octanol–water partition coefficient (Wildman–Crippen LogP) is 2.51. The highest BCUT2D eigenvalue weighted by Gasteiger charge is 2.42. The highest BCUT2D eigenvalue weighted by molar-refractivity contribution is 9.10. The third-order valence-corrected chi connectivity index (χ3v) is 3.63. The minimum Gasteiger partial charge on any atom is -0.486 e. The van der Waals surface area contributed by atoms with E-state index in [4.69, 9.17) is 14.2 Å². The van der Waals surface area contributed by atoms with Crippen LogP contribution in [-0.2, 0) is 14.3 Å². The summed E-state index contributed by atoms with van der Waals surface area (Å²) in [4.78, 5) is 11.5. The van der Waals surface area contributed by atoms with E-state index in [1.54, 1.807) is 7.11 Å². The van der Waals surface area contributed by atoms with E-state index >= 15 is 0 Å². The van der Waals surface area contributed by atoms with E-state index in [-0.39, 0.29) is 11.9 Å². The van der Waals surface area contributed by atoms with Crippen LogP contribution in [0.2, 0.25) is 0 Å². The van der Waals surface area contributed by atoms with Crippen molar-refractivity contribution in [3.63, 3.8) is 0 Å². The molecule has 0 saturated heterocycles. The summed E-state index contributed by atoms with van der Waals surface area (Å²) in [7, 11) is 1.60. The molecule has 0 aromatic heterocycles. The first-order valence-corrected chi connectivity index (χ1v) is 6.97. The number of ketones is 1. The molecular weight excluding hydrogens is 312 g/mol. The fourth-order valence-corrected chi connectivity index (χ4v) is 2.48. The zero-order valence-corrected chi connectivity index (χ0v) is 12.6. The maximum Gasteiger partial charge on any atom is 0.169 e. The molecule has 0 amide bonds. The van der Waals surface area contributed by atoms with Gasteiger partial charge in [-0.3, -0.25) is 4.79 Å². The van der Waals surface area contributed by atoms with Gasteiger partial charge in [-0.1, -0.05) is 6.07 Å². The van der Waals surface area contributed by atoms with Crippen molar-refractivity contribution in [2.75, 3.05) is 20.3 Å². The Morgan fingerprint density at radius 2 is 2.16 bits per heavy atom. The molecule has 1 aromatic rings. The fraction of sp³-hybridized carbons (Fsp3) is 0.500. The van der Waals surface area contributed by atoms with Gasteiger partial charge in [0, 0.05) is 13.5 Å². The molecule has 4 nitrogen and oxygen atoms in total. The van der Waals surface area contributed by atoms with Crippen molar-refractivity contribution in [3.8, 4) is 5.75 Å². The van der Waals surface area contributed by atoms with Crippen LogP contribution in [-0.4, -0.2) is 38.3 Å². The van der Waals surface area contributed by atoms with Gasteiger partial charge in [-0.2, -0.15) is 0 Å². The van der Waals surface area contributed by atoms with E-state index < -0.39 is 6.10 Å². The summed E-state index contributed by atoms with van der Waals surface area (Å²) in [5, 5.41) is 0. The normalized spacial score (nSPS) is 22.2. The average Bonchev–Trinajstić information content (AvgIpc) is 2.37. The first-order chi connectivity index (χ1) is 9.11. The lowest BCUT2D eigenvalue weighted by atomic mass is 9.90. The third-order valence-electron chi connectivity index (χ3n) is 3.01. The van der Waals surface area contributed by atoms with Crippen LogP contribution in [0.1, 0.15) is 12.0 Å². The zero-order valence-electron chi connectivity index (χ0n) is 11.0. The molecule has 1 saturated carbocycles. The van der Waals surface area contributed by atoms with Crippen LogP contribution in [0.25, 0.3) is 0 Å². The second kappa shape index (κ2) is 6.50. The molecule has 2 rings (SSSR count). The molecule has 0 N–H and O–H groups in total. The third kappa shape index (κ3) is 3.55. The highest BCUT2D eigenvalue weighted by atomic mass is 79.9. The van der Waals surface area contributed by atoms with Crippen LogP contribution in [0, 0.1) is 6.92 Å². The van der Waals surface area contributed by atoms with E-state index in [2.05, 4.69) is 15.9 Å². The molecule has 0 aliphatic heterocycles. The molecule has 1 aromatic carbocycles. The van der Waals surface area contributed by atoms with E-state index in [9.17, 15) is 4.79 Å². The number of Topliss-reactive ketones (excluding diaryl/α,β-unsaturated/α-hetero) is 1. The van der Waals surface area contributed by atoms with Gasteiger partial charge in [-0.05, 0) is 40.5 Å². The molecule has 0 bridgehead atoms. The Kier molecular flexibility index (Phi) is 4.96. The number of methoxy groups -OCH3 is 1. The van der Waals surface area contributed by atoms with Crippen LogP contribution in [0.3, 0.4) is 0 Å². The highest BCUT2D eigenvalue weighted by Crippen LogP contribution is 2.31. The minimum absolute atomic E-state index is 0.0873. The molecule has 0 spiro atoms. The van der Waals surface area contributed by atoms with Gasteiger partial charge >= 0.3 is 0 Å². The van der Waals surface area contributed by atoms with Crippen LogP contribution in [0.4, 0.5) is 0 Å². The number of rotatable bonds is 6. The summed E-state index contributed by atoms with van der Waals surface area (Å²) in [5.41, 5.74) is 1.15. The molecule has 1 aliphatic carbocycles. The summed E-state index contributed by atoms with van der Waals surface area (Å²) in [6.07, 6.45) is -0.274. The second-order valence-corrected chi connectivity index (χ2v) is 5.40. The molecule has 0 heterocycles. The molecule has 1 aliphatic rings. The Bertz CT molecular complexity index is 461. The summed E-state index contributed by atoms with van der Waals surface area (Å²) in [5.74, 6) is 0.827. The van der Waals surface area contributed by atoms with Gasteiger partial charge in [0.05, 0.1) is 17.7 Å². The maximum atomic E-state index is 11.5. The van der Waals surface area contributed by atoms with Gasteiger partial charge in [0.15, 0.2) is 11.9 Å². The minimum atomic E-state index is -0.469. The number of halogens is 1. The summed E-state index contributed by atoms with van der Waals surface area (Å²) < 4.78 is 17.1. The first kappa shape index (κ1) is 14.5. The van der Waals surface area contributed by atoms with Crippen LogP contribution >= 0.6 is 15.9 Å². The molecule has 0 radical (unpaired) electrons. The molecule has 5 heteroatoms. The zero-order chi connectivity index (χ0) is 13.8. The number of hydrogen-bond donors (Lipinski definition) is 0. The Morgan fingerprint density at radius 1 is 1.37 bits per heavy atom. The Balaban J connectivity index is 1.93. The van der Waals surface area contributed by atoms with Crippen molar-refractivity contribution in [1.29, 1.82) is 0 Å². The Morgan fingerprint density at radius 3 is 2.79 bits per heavy atom. The molecule has 2 unspecified atom stereocenters. The number of benzene rings is 1. The van der Waals surface area contributed by atoms with E-state index in [0.29, 0.717) is 19.6 Å². The fourth-order valence-electron chi connectivity index (χ4n) is 1.90. The lowest BCUT2D eigenvalue weighted by molar-refractivity contribution is -0.156. The van der Waals surface area contributed by atoms with E-state index in [1.807, 2.05) is 25.1 Å².